The van der Waals surface area contributed by atoms with E-state index >= 15 is 0 Å². The predicted molar refractivity (Wildman–Crippen MR) is 114 cm³/mol. The molecule has 0 aliphatic carbocycles. The maximum absolute atomic E-state index is 2.49. The van der Waals surface area contributed by atoms with Crippen molar-refractivity contribution in [2.75, 3.05) is 9.80 Å². The molecule has 26 heavy (non-hydrogen) atoms. The summed E-state index contributed by atoms with van der Waals surface area (Å²) in [5.41, 5.74) is 9.56. The number of para-hydroxylation sites is 1. The van der Waals surface area contributed by atoms with Crippen LogP contribution >= 0.6 is 0 Å². The lowest BCUT2D eigenvalue weighted by atomic mass is 9.98. The van der Waals surface area contributed by atoms with Crippen LogP contribution in [-0.4, -0.2) is 6.17 Å². The van der Waals surface area contributed by atoms with E-state index in [0.717, 1.165) is 6.42 Å². The molecule has 1 aliphatic heterocycles. The molecule has 1 unspecified atom stereocenters. The number of anilines is 2. The van der Waals surface area contributed by atoms with Gasteiger partial charge in [-0.25, -0.2) is 0 Å². The van der Waals surface area contributed by atoms with E-state index in [4.69, 9.17) is 0 Å². The topological polar surface area (TPSA) is 6.48 Å². The lowest BCUT2D eigenvalue weighted by molar-refractivity contribution is 0.499. The Hall–Kier alpha value is -2.22. The highest BCUT2D eigenvalue weighted by atomic mass is 15.4. The normalized spacial score (nSPS) is 16.8. The molecular weight excluding hydrogens is 316 g/mol. The largest absolute Gasteiger partial charge is 0.325 e. The van der Waals surface area contributed by atoms with Crippen LogP contribution < -0.4 is 9.80 Å². The van der Waals surface area contributed by atoms with Gasteiger partial charge in [-0.05, 0) is 67.9 Å². The van der Waals surface area contributed by atoms with Gasteiger partial charge < -0.3 is 9.80 Å². The van der Waals surface area contributed by atoms with Gasteiger partial charge in [0.05, 0.1) is 0 Å². The van der Waals surface area contributed by atoms with Gasteiger partial charge in [-0.2, -0.15) is 0 Å². The van der Waals surface area contributed by atoms with Crippen LogP contribution in [-0.2, 0) is 6.42 Å². The lowest BCUT2D eigenvalue weighted by Gasteiger charge is -2.38. The smallest absolute Gasteiger partial charge is 0.112 e. The quantitative estimate of drug-likeness (QED) is 0.643. The van der Waals surface area contributed by atoms with Crippen molar-refractivity contribution in [3.05, 3.63) is 70.5 Å². The molecule has 1 heterocycles. The number of aryl methyl sites for hydroxylation is 4. The average Bonchev–Trinajstić information content (AvgIpc) is 2.99. The van der Waals surface area contributed by atoms with Gasteiger partial charge in [-0.15, -0.1) is 0 Å². The van der Waals surface area contributed by atoms with Crippen LogP contribution in [0.3, 0.4) is 0 Å². The molecule has 0 N–H and O–H groups in total. The van der Waals surface area contributed by atoms with Gasteiger partial charge in [-0.1, -0.05) is 51.1 Å². The van der Waals surface area contributed by atoms with E-state index in [1.54, 1.807) is 0 Å². The third kappa shape index (κ3) is 3.02. The van der Waals surface area contributed by atoms with Gasteiger partial charge >= 0.3 is 0 Å². The first-order valence-corrected chi connectivity index (χ1v) is 9.77. The monoisotopic (exact) mass is 348 g/mol. The molecule has 0 saturated heterocycles. The second-order valence-electron chi connectivity index (χ2n) is 7.88. The van der Waals surface area contributed by atoms with E-state index in [1.165, 1.54) is 39.2 Å². The molecule has 0 fully saturated rings. The summed E-state index contributed by atoms with van der Waals surface area (Å²) in [6.45, 7) is 15.8. The molecule has 0 bridgehead atoms. The second-order valence-corrected chi connectivity index (χ2v) is 7.88. The number of rotatable bonds is 4. The Bertz CT molecular complexity index is 812. The Balaban J connectivity index is 2.11. The minimum absolute atomic E-state index is 0.291. The first kappa shape index (κ1) is 18.6. The van der Waals surface area contributed by atoms with Crippen LogP contribution in [0.2, 0.25) is 0 Å². The van der Waals surface area contributed by atoms with E-state index < -0.39 is 0 Å². The summed E-state index contributed by atoms with van der Waals surface area (Å²) < 4.78 is 0. The van der Waals surface area contributed by atoms with Crippen molar-refractivity contribution in [2.24, 2.45) is 5.92 Å². The first-order chi connectivity index (χ1) is 12.4. The van der Waals surface area contributed by atoms with Crippen LogP contribution in [0, 0.1) is 33.6 Å². The van der Waals surface area contributed by atoms with Crippen molar-refractivity contribution in [3.63, 3.8) is 0 Å². The van der Waals surface area contributed by atoms with Crippen molar-refractivity contribution < 1.29 is 0 Å². The fourth-order valence-corrected chi connectivity index (χ4v) is 4.38. The van der Waals surface area contributed by atoms with E-state index in [0.29, 0.717) is 12.1 Å². The minimum Gasteiger partial charge on any atom is -0.325 e. The molecule has 138 valence electrons. The molecule has 2 nitrogen and oxygen atoms in total. The summed E-state index contributed by atoms with van der Waals surface area (Å²) >= 11 is 0. The third-order valence-corrected chi connectivity index (χ3v) is 5.64. The summed E-state index contributed by atoms with van der Waals surface area (Å²) in [5, 5.41) is 0. The molecule has 0 saturated carbocycles. The summed E-state index contributed by atoms with van der Waals surface area (Å²) in [4.78, 5) is 4.95. The van der Waals surface area contributed by atoms with Gasteiger partial charge in [0.1, 0.15) is 6.17 Å². The number of hydrogen-bond donors (Lipinski definition) is 0. The molecule has 0 aromatic heterocycles. The van der Waals surface area contributed by atoms with E-state index in [1.807, 2.05) is 0 Å². The van der Waals surface area contributed by atoms with Crippen LogP contribution in [0.15, 0.2) is 42.7 Å². The maximum atomic E-state index is 2.49. The zero-order valence-corrected chi connectivity index (χ0v) is 17.3. The zero-order chi connectivity index (χ0) is 19.0. The molecule has 0 amide bonds. The van der Waals surface area contributed by atoms with E-state index in [2.05, 4.69) is 101 Å². The minimum atomic E-state index is 0.291. The van der Waals surface area contributed by atoms with Crippen molar-refractivity contribution in [2.45, 2.75) is 61.1 Å². The molecule has 3 rings (SSSR count). The Morgan fingerprint density at radius 2 is 1.35 bits per heavy atom. The Morgan fingerprint density at radius 1 is 0.808 bits per heavy atom. The fraction of sp³-hybridized carbons (Fsp3) is 0.417. The number of benzene rings is 2. The second kappa shape index (κ2) is 7.19. The fourth-order valence-electron chi connectivity index (χ4n) is 4.38. The molecule has 1 aliphatic rings. The third-order valence-electron chi connectivity index (χ3n) is 5.64. The number of hydrogen-bond acceptors (Lipinski definition) is 2. The van der Waals surface area contributed by atoms with Crippen molar-refractivity contribution in [1.29, 1.82) is 0 Å². The lowest BCUT2D eigenvalue weighted by Crippen LogP contribution is -2.44. The summed E-state index contributed by atoms with van der Waals surface area (Å²) in [6, 6.07) is 11.1. The van der Waals surface area contributed by atoms with Gasteiger partial charge in [-0.3, -0.25) is 0 Å². The first-order valence-electron chi connectivity index (χ1n) is 9.77. The molecular formula is C24H32N2. The highest BCUT2D eigenvalue weighted by molar-refractivity contribution is 5.70. The predicted octanol–water partition coefficient (Wildman–Crippen LogP) is 6.26. The summed E-state index contributed by atoms with van der Waals surface area (Å²) in [5.74, 6) is 0.494. The van der Waals surface area contributed by atoms with Crippen LogP contribution in [0.4, 0.5) is 11.4 Å². The Morgan fingerprint density at radius 3 is 1.88 bits per heavy atom. The van der Waals surface area contributed by atoms with Gasteiger partial charge in [0.2, 0.25) is 0 Å². The molecule has 1 atom stereocenters. The van der Waals surface area contributed by atoms with Crippen LogP contribution in [0.5, 0.6) is 0 Å². The maximum Gasteiger partial charge on any atom is 0.112 e. The molecule has 0 spiro atoms. The van der Waals surface area contributed by atoms with E-state index in [-0.39, 0.29) is 0 Å². The SMILES string of the molecule is CCc1ccc(C)c(N2C=CN(c3c(C)cccc3C)C2C(C)C)c1C. The Kier molecular flexibility index (Phi) is 5.13. The summed E-state index contributed by atoms with van der Waals surface area (Å²) in [7, 11) is 0. The van der Waals surface area contributed by atoms with Crippen molar-refractivity contribution in [3.8, 4) is 0 Å². The average molecular weight is 349 g/mol. The highest BCUT2D eigenvalue weighted by Gasteiger charge is 2.33. The van der Waals surface area contributed by atoms with Gasteiger partial charge in [0.15, 0.2) is 0 Å². The summed E-state index contributed by atoms with van der Waals surface area (Å²) in [6.07, 6.45) is 5.89. The highest BCUT2D eigenvalue weighted by Crippen LogP contribution is 2.39. The van der Waals surface area contributed by atoms with Gasteiger partial charge in [0.25, 0.3) is 0 Å². The molecule has 0 radical (unpaired) electrons. The number of nitrogens with zero attached hydrogens (tertiary/aromatic N) is 2. The van der Waals surface area contributed by atoms with E-state index in [9.17, 15) is 0 Å². The standard InChI is InChI=1S/C24H32N2/c1-8-21-13-12-19(6)23(20(21)7)26-15-14-25(24(26)16(2)3)22-17(4)10-9-11-18(22)5/h9-16,24H,8H2,1-7H3. The molecule has 2 aromatic rings. The van der Waals surface area contributed by atoms with Crippen LogP contribution in [0.25, 0.3) is 0 Å². The van der Waals surface area contributed by atoms with Crippen molar-refractivity contribution >= 4 is 11.4 Å². The van der Waals surface area contributed by atoms with Crippen molar-refractivity contribution in [1.82, 2.24) is 0 Å². The zero-order valence-electron chi connectivity index (χ0n) is 17.3. The molecule has 2 heteroatoms. The molecule has 2 aromatic carbocycles. The van der Waals surface area contributed by atoms with Gasteiger partial charge in [0, 0.05) is 23.8 Å². The Labute approximate surface area is 159 Å². The van der Waals surface area contributed by atoms with Crippen LogP contribution in [0.1, 0.15) is 48.6 Å².